The van der Waals surface area contributed by atoms with Crippen molar-refractivity contribution in [1.29, 1.82) is 0 Å². The maximum Gasteiger partial charge on any atom is 0.256 e. The van der Waals surface area contributed by atoms with E-state index >= 15 is 0 Å². The summed E-state index contributed by atoms with van der Waals surface area (Å²) in [6.07, 6.45) is 0.174. The quantitative estimate of drug-likeness (QED) is 0.359. The molecule has 0 fully saturated rings. The Morgan fingerprint density at radius 2 is 2.35 bits per heavy atom. The van der Waals surface area contributed by atoms with Crippen molar-refractivity contribution in [1.82, 2.24) is 4.98 Å². The number of para-hydroxylation sites is 2. The van der Waals surface area contributed by atoms with Crippen LogP contribution in [0.3, 0.4) is 0 Å². The SMILES string of the molecule is [N-]=[N+]=NC(=O)CCSc1nc2ccccc2o1. The van der Waals surface area contributed by atoms with Crippen LogP contribution in [0.4, 0.5) is 0 Å². The van der Waals surface area contributed by atoms with Gasteiger partial charge in [-0.25, -0.2) is 4.98 Å². The number of thioether (sulfide) groups is 1. The van der Waals surface area contributed by atoms with Gasteiger partial charge < -0.3 is 4.42 Å². The van der Waals surface area contributed by atoms with Gasteiger partial charge >= 0.3 is 0 Å². The smallest absolute Gasteiger partial charge is 0.256 e. The van der Waals surface area contributed by atoms with E-state index in [1.54, 1.807) is 0 Å². The van der Waals surface area contributed by atoms with Gasteiger partial charge in [-0.1, -0.05) is 23.9 Å². The van der Waals surface area contributed by atoms with Crippen molar-refractivity contribution in [3.8, 4) is 0 Å². The lowest BCUT2D eigenvalue weighted by molar-refractivity contribution is -0.117. The van der Waals surface area contributed by atoms with Gasteiger partial charge in [0.25, 0.3) is 5.22 Å². The topological polar surface area (TPSA) is 91.9 Å². The molecule has 1 aromatic heterocycles. The first-order chi connectivity index (χ1) is 8.29. The summed E-state index contributed by atoms with van der Waals surface area (Å²) in [7, 11) is 0. The number of rotatable bonds is 4. The number of azide groups is 1. The Balaban J connectivity index is 1.95. The lowest BCUT2D eigenvalue weighted by Crippen LogP contribution is -1.93. The molecule has 2 aromatic rings. The largest absolute Gasteiger partial charge is 0.431 e. The Morgan fingerprint density at radius 1 is 1.53 bits per heavy atom. The maximum atomic E-state index is 10.9. The van der Waals surface area contributed by atoms with E-state index in [4.69, 9.17) is 9.95 Å². The monoisotopic (exact) mass is 248 g/mol. The molecule has 0 saturated carbocycles. The van der Waals surface area contributed by atoms with Crippen LogP contribution < -0.4 is 0 Å². The number of hydrogen-bond donors (Lipinski definition) is 0. The van der Waals surface area contributed by atoms with Gasteiger partial charge in [-0.3, -0.25) is 4.79 Å². The number of carbonyl (C=O) groups is 1. The maximum absolute atomic E-state index is 10.9. The number of amides is 1. The fourth-order valence-corrected chi connectivity index (χ4v) is 2.00. The third-order valence-corrected chi connectivity index (χ3v) is 2.80. The number of carbonyl (C=O) groups excluding carboxylic acids is 1. The van der Waals surface area contributed by atoms with E-state index in [-0.39, 0.29) is 6.42 Å². The van der Waals surface area contributed by atoms with Crippen LogP contribution >= 0.6 is 11.8 Å². The third-order valence-electron chi connectivity index (χ3n) is 1.97. The van der Waals surface area contributed by atoms with E-state index in [1.165, 1.54) is 11.8 Å². The van der Waals surface area contributed by atoms with Gasteiger partial charge in [0, 0.05) is 17.1 Å². The molecular formula is C10H8N4O2S. The highest BCUT2D eigenvalue weighted by Gasteiger charge is 2.06. The molecule has 0 bridgehead atoms. The molecule has 6 nitrogen and oxygen atoms in total. The molecule has 1 amide bonds. The van der Waals surface area contributed by atoms with Gasteiger partial charge in [0.05, 0.1) is 0 Å². The van der Waals surface area contributed by atoms with E-state index < -0.39 is 5.91 Å². The Labute approximate surface area is 101 Å². The molecule has 0 saturated heterocycles. The van der Waals surface area contributed by atoms with E-state index in [9.17, 15) is 4.79 Å². The van der Waals surface area contributed by atoms with Gasteiger partial charge in [-0.15, -0.1) is 0 Å². The van der Waals surface area contributed by atoms with Gasteiger partial charge in [-0.05, 0) is 22.8 Å². The highest BCUT2D eigenvalue weighted by molar-refractivity contribution is 7.99. The Kier molecular flexibility index (Phi) is 3.64. The Morgan fingerprint density at radius 3 is 3.12 bits per heavy atom. The first-order valence-electron chi connectivity index (χ1n) is 4.86. The molecule has 86 valence electrons. The van der Waals surface area contributed by atoms with Crippen molar-refractivity contribution < 1.29 is 9.21 Å². The Hall–Kier alpha value is -1.98. The van der Waals surface area contributed by atoms with Crippen LogP contribution in [0.2, 0.25) is 0 Å². The van der Waals surface area contributed by atoms with Gasteiger partial charge in [-0.2, -0.15) is 0 Å². The molecular weight excluding hydrogens is 240 g/mol. The summed E-state index contributed by atoms with van der Waals surface area (Å²) in [4.78, 5) is 17.6. The van der Waals surface area contributed by atoms with Crippen molar-refractivity contribution in [3.63, 3.8) is 0 Å². The fraction of sp³-hybridized carbons (Fsp3) is 0.200. The van der Waals surface area contributed by atoms with Crippen molar-refractivity contribution in [2.24, 2.45) is 5.11 Å². The molecule has 1 heterocycles. The number of nitrogens with zero attached hydrogens (tertiary/aromatic N) is 4. The average Bonchev–Trinajstić information content (AvgIpc) is 2.71. The summed E-state index contributed by atoms with van der Waals surface area (Å²) in [5, 5.41) is 3.49. The molecule has 0 aliphatic heterocycles. The molecule has 7 heteroatoms. The molecule has 2 rings (SSSR count). The van der Waals surface area contributed by atoms with Gasteiger partial charge in [0.2, 0.25) is 5.91 Å². The van der Waals surface area contributed by atoms with Crippen LogP contribution in [-0.4, -0.2) is 16.6 Å². The Bertz CT molecular complexity index is 556. The van der Waals surface area contributed by atoms with Crippen LogP contribution in [0.25, 0.3) is 21.5 Å². The molecule has 1 aromatic carbocycles. The minimum atomic E-state index is -0.476. The lowest BCUT2D eigenvalue weighted by Gasteiger charge is -1.91. The van der Waals surface area contributed by atoms with Crippen molar-refractivity contribution >= 4 is 28.8 Å². The molecule has 0 aliphatic carbocycles. The zero-order chi connectivity index (χ0) is 12.1. The molecule has 0 spiro atoms. The molecule has 0 N–H and O–H groups in total. The zero-order valence-corrected chi connectivity index (χ0v) is 9.55. The number of hydrogen-bond acceptors (Lipinski definition) is 4. The highest BCUT2D eigenvalue weighted by atomic mass is 32.2. The highest BCUT2D eigenvalue weighted by Crippen LogP contribution is 2.23. The van der Waals surface area contributed by atoms with Crippen molar-refractivity contribution in [2.75, 3.05) is 5.75 Å². The third kappa shape index (κ3) is 2.99. The number of fused-ring (bicyclic) bond motifs is 1. The van der Waals surface area contributed by atoms with Crippen LogP contribution in [0.15, 0.2) is 39.0 Å². The standard InChI is InChI=1S/C10H8N4O2S/c11-14-13-9(15)5-6-17-10-12-7-3-1-2-4-8(7)16-10/h1-4H,5-6H2. The molecule has 0 unspecified atom stereocenters. The summed E-state index contributed by atoms with van der Waals surface area (Å²) in [5.41, 5.74) is 9.56. The predicted molar refractivity (Wildman–Crippen MR) is 63.5 cm³/mol. The molecule has 0 aliphatic rings. The summed E-state index contributed by atoms with van der Waals surface area (Å²) >= 11 is 1.32. The van der Waals surface area contributed by atoms with Gasteiger partial charge in [0.1, 0.15) is 5.52 Å². The average molecular weight is 248 g/mol. The number of benzene rings is 1. The second kappa shape index (κ2) is 5.38. The van der Waals surface area contributed by atoms with Crippen LogP contribution in [0.1, 0.15) is 6.42 Å². The van der Waals surface area contributed by atoms with Crippen LogP contribution in [-0.2, 0) is 4.79 Å². The second-order valence-corrected chi connectivity index (χ2v) is 4.18. The van der Waals surface area contributed by atoms with E-state index in [1.807, 2.05) is 24.3 Å². The van der Waals surface area contributed by atoms with E-state index in [2.05, 4.69) is 15.0 Å². The van der Waals surface area contributed by atoms with Crippen LogP contribution in [0.5, 0.6) is 0 Å². The summed E-state index contributed by atoms with van der Waals surface area (Å²) in [5.74, 6) is 0.00104. The lowest BCUT2D eigenvalue weighted by atomic mass is 10.3. The molecule has 0 atom stereocenters. The first-order valence-corrected chi connectivity index (χ1v) is 5.84. The predicted octanol–water partition coefficient (Wildman–Crippen LogP) is 3.15. The van der Waals surface area contributed by atoms with E-state index in [0.29, 0.717) is 11.0 Å². The molecule has 0 radical (unpaired) electrons. The normalized spacial score (nSPS) is 10.1. The van der Waals surface area contributed by atoms with E-state index in [0.717, 1.165) is 11.1 Å². The van der Waals surface area contributed by atoms with Crippen molar-refractivity contribution in [3.05, 3.63) is 34.7 Å². The summed E-state index contributed by atoms with van der Waals surface area (Å²) < 4.78 is 5.45. The minimum absolute atomic E-state index is 0.174. The summed E-state index contributed by atoms with van der Waals surface area (Å²) in [6.45, 7) is 0. The second-order valence-electron chi connectivity index (χ2n) is 3.13. The summed E-state index contributed by atoms with van der Waals surface area (Å²) in [6, 6.07) is 7.43. The fourth-order valence-electron chi connectivity index (χ4n) is 1.24. The molecule has 17 heavy (non-hydrogen) atoms. The zero-order valence-electron chi connectivity index (χ0n) is 8.74. The minimum Gasteiger partial charge on any atom is -0.431 e. The van der Waals surface area contributed by atoms with Gasteiger partial charge in [0.15, 0.2) is 5.58 Å². The van der Waals surface area contributed by atoms with Crippen molar-refractivity contribution in [2.45, 2.75) is 11.6 Å². The first kappa shape index (κ1) is 11.5. The van der Waals surface area contributed by atoms with Crippen LogP contribution in [0, 0.1) is 0 Å². The number of oxazole rings is 1. The number of aromatic nitrogens is 1.